The zero-order valence-electron chi connectivity index (χ0n) is 24.0. The molecule has 0 bridgehead atoms. The van der Waals surface area contributed by atoms with E-state index < -0.39 is 18.0 Å². The monoisotopic (exact) mass is 645 g/mol. The number of benzene rings is 3. The number of aliphatic carboxylic acids is 1. The fraction of sp³-hybridized carbons (Fsp3) is 0.226. The molecule has 0 spiro atoms. The standard InChI is InChI=1S/C29H27ClFN5O2.C2HF3O2/c1-17-16-35(8-7-32-17)27-13-19(12-25-21(27)5-6-33-25)23-15-20(31)14-22(28(23)37)18-3-4-26(24(30)11-18)36-10-9-34(2)29(36)38;3-2(4,5)1(6)7/h3-6,9-15,17,32-33,37H,7-8,16H2,1-2H3;(H,6,7)/t17-;/m1./s1. The van der Waals surface area contributed by atoms with Crippen molar-refractivity contribution < 1.29 is 32.6 Å². The number of aromatic hydroxyl groups is 1. The van der Waals surface area contributed by atoms with Crippen molar-refractivity contribution >= 4 is 34.2 Å². The van der Waals surface area contributed by atoms with Crippen molar-refractivity contribution in [2.75, 3.05) is 24.5 Å². The number of alkyl halides is 3. The lowest BCUT2D eigenvalue weighted by atomic mass is 9.95. The summed E-state index contributed by atoms with van der Waals surface area (Å²) in [6.07, 6.45) is 0.0874. The molecule has 2 aromatic heterocycles. The zero-order valence-corrected chi connectivity index (χ0v) is 24.7. The summed E-state index contributed by atoms with van der Waals surface area (Å²) in [5, 5.41) is 23.4. The van der Waals surface area contributed by atoms with Crippen LogP contribution in [-0.4, -0.2) is 62.2 Å². The van der Waals surface area contributed by atoms with Gasteiger partial charge in [0.1, 0.15) is 11.6 Å². The van der Waals surface area contributed by atoms with Gasteiger partial charge in [-0.2, -0.15) is 13.2 Å². The lowest BCUT2D eigenvalue weighted by Gasteiger charge is -2.34. The Bertz CT molecular complexity index is 1950. The number of hydrogen-bond acceptors (Lipinski definition) is 5. The van der Waals surface area contributed by atoms with E-state index in [1.54, 1.807) is 37.6 Å². The SMILES string of the molecule is C[C@@H]1CN(c2cc(-c3cc(F)cc(-c4ccc(-n5ccn(C)c5=O)c(Cl)c4)c3O)cc3[nH]ccc23)CCN1.O=C(O)C(F)(F)F. The molecular formula is C31H28ClF4N5O4. The highest BCUT2D eigenvalue weighted by Gasteiger charge is 2.38. The van der Waals surface area contributed by atoms with Crippen LogP contribution >= 0.6 is 11.6 Å². The number of hydrogen-bond donors (Lipinski definition) is 4. The summed E-state index contributed by atoms with van der Waals surface area (Å²) < 4.78 is 49.6. The summed E-state index contributed by atoms with van der Waals surface area (Å²) in [6.45, 7) is 4.72. The molecule has 14 heteroatoms. The van der Waals surface area contributed by atoms with E-state index in [0.717, 1.165) is 36.2 Å². The Morgan fingerprint density at radius 2 is 1.71 bits per heavy atom. The number of carboxylic acids is 1. The molecule has 0 aliphatic carbocycles. The predicted octanol–water partition coefficient (Wildman–Crippen LogP) is 5.92. The molecule has 5 aromatic rings. The maximum Gasteiger partial charge on any atom is 0.490 e. The first kappa shape index (κ1) is 31.7. The van der Waals surface area contributed by atoms with E-state index in [0.29, 0.717) is 39.0 Å². The summed E-state index contributed by atoms with van der Waals surface area (Å²) in [4.78, 5) is 26.9. The van der Waals surface area contributed by atoms with E-state index in [1.165, 1.54) is 21.3 Å². The zero-order chi connectivity index (χ0) is 32.6. The number of phenolic OH excluding ortho intramolecular Hbond substituents is 1. The van der Waals surface area contributed by atoms with Crippen molar-refractivity contribution in [3.63, 3.8) is 0 Å². The first-order valence-electron chi connectivity index (χ1n) is 13.7. The van der Waals surface area contributed by atoms with Gasteiger partial charge in [0.15, 0.2) is 0 Å². The Hall–Kier alpha value is -4.75. The summed E-state index contributed by atoms with van der Waals surface area (Å²) in [6, 6.07) is 14.0. The molecule has 3 heterocycles. The molecular weight excluding hydrogens is 618 g/mol. The fourth-order valence-electron chi connectivity index (χ4n) is 5.27. The summed E-state index contributed by atoms with van der Waals surface area (Å²) in [5.74, 6) is -3.28. The van der Waals surface area contributed by atoms with E-state index in [1.807, 2.05) is 24.4 Å². The largest absolute Gasteiger partial charge is 0.507 e. The van der Waals surface area contributed by atoms with E-state index in [2.05, 4.69) is 22.1 Å². The van der Waals surface area contributed by atoms with Crippen molar-refractivity contribution in [3.05, 3.63) is 88.4 Å². The van der Waals surface area contributed by atoms with Gasteiger partial charge >= 0.3 is 17.8 Å². The fourth-order valence-corrected chi connectivity index (χ4v) is 5.54. The number of piperazine rings is 1. The van der Waals surface area contributed by atoms with E-state index >= 15 is 4.39 Å². The Kier molecular flexibility index (Phi) is 8.68. The maximum absolute atomic E-state index is 15.0. The Morgan fingerprint density at radius 3 is 2.31 bits per heavy atom. The highest BCUT2D eigenvalue weighted by molar-refractivity contribution is 6.32. The van der Waals surface area contributed by atoms with Crippen molar-refractivity contribution in [2.24, 2.45) is 7.05 Å². The van der Waals surface area contributed by atoms with Crippen LogP contribution in [0.2, 0.25) is 5.02 Å². The summed E-state index contributed by atoms with van der Waals surface area (Å²) in [7, 11) is 1.66. The maximum atomic E-state index is 15.0. The molecule has 0 saturated carbocycles. The highest BCUT2D eigenvalue weighted by atomic mass is 35.5. The smallest absolute Gasteiger partial charge is 0.490 e. The molecule has 1 aliphatic heterocycles. The molecule has 1 aliphatic rings. The van der Waals surface area contributed by atoms with Gasteiger partial charge in [-0.25, -0.2) is 14.0 Å². The number of rotatable bonds is 4. The number of fused-ring (bicyclic) bond motifs is 1. The number of aromatic amines is 1. The highest BCUT2D eigenvalue weighted by Crippen LogP contribution is 2.42. The van der Waals surface area contributed by atoms with Gasteiger partial charge in [-0.15, -0.1) is 0 Å². The number of anilines is 1. The van der Waals surface area contributed by atoms with Crippen LogP contribution in [0.1, 0.15) is 6.92 Å². The third-order valence-electron chi connectivity index (χ3n) is 7.45. The van der Waals surface area contributed by atoms with Crippen molar-refractivity contribution in [3.8, 4) is 33.7 Å². The number of nitrogens with zero attached hydrogens (tertiary/aromatic N) is 3. The van der Waals surface area contributed by atoms with E-state index in [4.69, 9.17) is 21.5 Å². The second-order valence-electron chi connectivity index (χ2n) is 10.6. The predicted molar refractivity (Wildman–Crippen MR) is 164 cm³/mol. The number of phenols is 1. The number of aromatic nitrogens is 3. The third-order valence-corrected chi connectivity index (χ3v) is 7.75. The van der Waals surface area contributed by atoms with Crippen LogP contribution in [0.15, 0.2) is 71.9 Å². The molecule has 3 aromatic carbocycles. The molecule has 45 heavy (non-hydrogen) atoms. The number of imidazole rings is 1. The minimum atomic E-state index is -5.08. The Labute approximate surface area is 258 Å². The molecule has 0 amide bonds. The van der Waals surface area contributed by atoms with E-state index in [-0.39, 0.29) is 11.4 Å². The number of H-pyrrole nitrogens is 1. The molecule has 1 fully saturated rings. The van der Waals surface area contributed by atoms with Crippen molar-refractivity contribution in [1.29, 1.82) is 0 Å². The lowest BCUT2D eigenvalue weighted by Crippen LogP contribution is -2.49. The van der Waals surface area contributed by atoms with Crippen LogP contribution < -0.4 is 15.9 Å². The first-order chi connectivity index (χ1) is 21.2. The molecule has 4 N–H and O–H groups in total. The van der Waals surface area contributed by atoms with Gasteiger partial charge in [-0.3, -0.25) is 4.57 Å². The summed E-state index contributed by atoms with van der Waals surface area (Å²) in [5.41, 5.74) is 4.18. The van der Waals surface area contributed by atoms with Crippen molar-refractivity contribution in [1.82, 2.24) is 19.4 Å². The minimum absolute atomic E-state index is 0.0439. The van der Waals surface area contributed by atoms with Gasteiger partial charge in [0.05, 0.1) is 10.7 Å². The van der Waals surface area contributed by atoms with Crippen LogP contribution in [0.3, 0.4) is 0 Å². The molecule has 1 atom stereocenters. The number of carbonyl (C=O) groups is 1. The van der Waals surface area contributed by atoms with Gasteiger partial charge in [0.25, 0.3) is 0 Å². The first-order valence-corrected chi connectivity index (χ1v) is 14.1. The van der Waals surface area contributed by atoms with E-state index in [9.17, 15) is 23.1 Å². The van der Waals surface area contributed by atoms with Crippen LogP contribution in [0, 0.1) is 5.82 Å². The molecule has 0 radical (unpaired) electrons. The topological polar surface area (TPSA) is 116 Å². The van der Waals surface area contributed by atoms with Crippen LogP contribution in [0.5, 0.6) is 5.75 Å². The lowest BCUT2D eigenvalue weighted by molar-refractivity contribution is -0.192. The van der Waals surface area contributed by atoms with Crippen LogP contribution in [0.25, 0.3) is 38.8 Å². The van der Waals surface area contributed by atoms with Crippen LogP contribution in [0.4, 0.5) is 23.2 Å². The average molecular weight is 646 g/mol. The minimum Gasteiger partial charge on any atom is -0.507 e. The summed E-state index contributed by atoms with van der Waals surface area (Å²) >= 11 is 6.56. The van der Waals surface area contributed by atoms with Crippen LogP contribution in [-0.2, 0) is 11.8 Å². The van der Waals surface area contributed by atoms with Gasteiger partial charge in [-0.05, 0) is 60.5 Å². The molecule has 236 valence electrons. The van der Waals surface area contributed by atoms with Crippen molar-refractivity contribution in [2.45, 2.75) is 19.1 Å². The quantitative estimate of drug-likeness (QED) is 0.180. The van der Waals surface area contributed by atoms with Gasteiger partial charge in [0, 0.05) is 79.0 Å². The molecule has 9 nitrogen and oxygen atoms in total. The van der Waals surface area contributed by atoms with Gasteiger partial charge < -0.3 is 30.0 Å². The normalized spacial score (nSPS) is 15.2. The molecule has 6 rings (SSSR count). The Morgan fingerprint density at radius 1 is 1.02 bits per heavy atom. The van der Waals surface area contributed by atoms with Gasteiger partial charge in [0.2, 0.25) is 0 Å². The second-order valence-corrected chi connectivity index (χ2v) is 11.0. The average Bonchev–Trinajstić information content (AvgIpc) is 3.59. The third kappa shape index (κ3) is 6.54. The Balaban J connectivity index is 0.000000515. The number of carboxylic acid groups (broad SMARTS) is 1. The number of halogens is 5. The molecule has 0 unspecified atom stereocenters. The molecule has 1 saturated heterocycles. The number of nitrogens with one attached hydrogen (secondary N) is 2. The second kappa shape index (κ2) is 12.3. The number of aryl methyl sites for hydroxylation is 1. The van der Waals surface area contributed by atoms with Gasteiger partial charge in [-0.1, -0.05) is 17.7 Å².